The molecule has 1 aromatic rings. The van der Waals surface area contributed by atoms with Gasteiger partial charge in [-0.05, 0) is 17.7 Å². The van der Waals surface area contributed by atoms with Crippen molar-refractivity contribution in [2.75, 3.05) is 33.1 Å². The van der Waals surface area contributed by atoms with Gasteiger partial charge in [0, 0.05) is 24.7 Å². The molecule has 0 saturated carbocycles. The van der Waals surface area contributed by atoms with Crippen LogP contribution in [0.3, 0.4) is 0 Å². The van der Waals surface area contributed by atoms with E-state index in [0.717, 1.165) is 18.1 Å². The minimum absolute atomic E-state index is 0.334. The molecular weight excluding hydrogens is 222 g/mol. The van der Waals surface area contributed by atoms with Gasteiger partial charge in [-0.1, -0.05) is 12.1 Å². The minimum Gasteiger partial charge on any atom is -0.497 e. The van der Waals surface area contributed by atoms with Crippen molar-refractivity contribution >= 4 is 11.8 Å². The zero-order chi connectivity index (χ0) is 11.8. The van der Waals surface area contributed by atoms with Crippen molar-refractivity contribution < 1.29 is 9.47 Å². The van der Waals surface area contributed by atoms with Gasteiger partial charge in [-0.2, -0.15) is 11.8 Å². The topological polar surface area (TPSA) is 44.5 Å². The highest BCUT2D eigenvalue weighted by Crippen LogP contribution is 2.28. The van der Waals surface area contributed by atoms with E-state index in [4.69, 9.17) is 15.2 Å². The van der Waals surface area contributed by atoms with Gasteiger partial charge in [0.2, 0.25) is 0 Å². The van der Waals surface area contributed by atoms with Gasteiger partial charge in [-0.25, -0.2) is 0 Å². The summed E-state index contributed by atoms with van der Waals surface area (Å²) in [5, 5.41) is 0.334. The van der Waals surface area contributed by atoms with Crippen LogP contribution in [0, 0.1) is 0 Å². The fourth-order valence-corrected chi connectivity index (χ4v) is 2.43. The van der Waals surface area contributed by atoms with E-state index in [2.05, 4.69) is 12.1 Å². The average molecular weight is 241 g/mol. The highest BCUT2D eigenvalue weighted by Gasteiger charge is 2.09. The fourth-order valence-electron chi connectivity index (χ4n) is 1.39. The molecule has 0 aliphatic heterocycles. The maximum atomic E-state index is 5.76. The molecule has 4 heteroatoms. The van der Waals surface area contributed by atoms with Crippen molar-refractivity contribution in [3.63, 3.8) is 0 Å². The second kappa shape index (κ2) is 7.54. The van der Waals surface area contributed by atoms with E-state index in [9.17, 15) is 0 Å². The molecule has 0 fully saturated rings. The number of thioether (sulfide) groups is 1. The van der Waals surface area contributed by atoms with Crippen LogP contribution in [0.5, 0.6) is 5.75 Å². The molecule has 1 atom stereocenters. The molecule has 0 heterocycles. The highest BCUT2D eigenvalue weighted by molar-refractivity contribution is 7.99. The average Bonchev–Trinajstić information content (AvgIpc) is 2.35. The lowest BCUT2D eigenvalue weighted by molar-refractivity contribution is 0.218. The number of hydrogen-bond acceptors (Lipinski definition) is 4. The highest BCUT2D eigenvalue weighted by atomic mass is 32.2. The van der Waals surface area contributed by atoms with Gasteiger partial charge in [-0.3, -0.25) is 0 Å². The van der Waals surface area contributed by atoms with Crippen LogP contribution < -0.4 is 10.5 Å². The van der Waals surface area contributed by atoms with E-state index < -0.39 is 0 Å². The van der Waals surface area contributed by atoms with Gasteiger partial charge in [0.25, 0.3) is 0 Å². The van der Waals surface area contributed by atoms with Crippen molar-refractivity contribution in [3.8, 4) is 5.75 Å². The van der Waals surface area contributed by atoms with E-state index >= 15 is 0 Å². The lowest BCUT2D eigenvalue weighted by Gasteiger charge is -2.15. The zero-order valence-electron chi connectivity index (χ0n) is 9.81. The molecule has 1 unspecified atom stereocenters. The van der Waals surface area contributed by atoms with Crippen LogP contribution in [-0.4, -0.2) is 33.1 Å². The van der Waals surface area contributed by atoms with Crippen molar-refractivity contribution in [1.29, 1.82) is 0 Å². The molecule has 0 spiro atoms. The predicted molar refractivity (Wildman–Crippen MR) is 69.1 cm³/mol. The second-order valence-electron chi connectivity index (χ2n) is 3.36. The van der Waals surface area contributed by atoms with Gasteiger partial charge in [0.15, 0.2) is 0 Å². The molecule has 1 aromatic carbocycles. The number of hydrogen-bond donors (Lipinski definition) is 1. The van der Waals surface area contributed by atoms with Crippen LogP contribution >= 0.6 is 11.8 Å². The molecule has 3 nitrogen and oxygen atoms in total. The maximum Gasteiger partial charge on any atom is 0.118 e. The number of nitrogens with two attached hydrogens (primary N) is 1. The first-order chi connectivity index (χ1) is 7.81. The minimum atomic E-state index is 0.334. The lowest BCUT2D eigenvalue weighted by atomic mass is 10.1. The molecule has 0 aliphatic carbocycles. The normalized spacial score (nSPS) is 12.4. The summed E-state index contributed by atoms with van der Waals surface area (Å²) in [5.74, 6) is 1.84. The Morgan fingerprint density at radius 2 is 1.94 bits per heavy atom. The maximum absolute atomic E-state index is 5.76. The summed E-state index contributed by atoms with van der Waals surface area (Å²) in [5.41, 5.74) is 7.00. The number of ether oxygens (including phenoxy) is 2. The van der Waals surface area contributed by atoms with Crippen LogP contribution in [0.2, 0.25) is 0 Å². The largest absolute Gasteiger partial charge is 0.497 e. The fraction of sp³-hybridized carbons (Fsp3) is 0.500. The third kappa shape index (κ3) is 4.04. The van der Waals surface area contributed by atoms with E-state index in [0.29, 0.717) is 11.8 Å². The monoisotopic (exact) mass is 241 g/mol. The first-order valence-corrected chi connectivity index (χ1v) is 6.31. The summed E-state index contributed by atoms with van der Waals surface area (Å²) >= 11 is 1.82. The first-order valence-electron chi connectivity index (χ1n) is 5.26. The Bertz CT molecular complexity index is 290. The first kappa shape index (κ1) is 13.4. The summed E-state index contributed by atoms with van der Waals surface area (Å²) in [7, 11) is 3.38. The molecule has 0 aliphatic rings. The SMILES string of the molecule is COCCSC(CN)c1ccc(OC)cc1. The molecular formula is C12H19NO2S. The van der Waals surface area contributed by atoms with Gasteiger partial charge >= 0.3 is 0 Å². The molecule has 0 bridgehead atoms. The molecule has 0 radical (unpaired) electrons. The van der Waals surface area contributed by atoms with Crippen LogP contribution in [0.4, 0.5) is 0 Å². The number of benzene rings is 1. The standard InChI is InChI=1S/C12H19NO2S/c1-14-7-8-16-12(9-13)10-3-5-11(15-2)6-4-10/h3-6,12H,7-9,13H2,1-2H3. The number of methoxy groups -OCH3 is 2. The summed E-state index contributed by atoms with van der Waals surface area (Å²) < 4.78 is 10.2. The van der Waals surface area contributed by atoms with Gasteiger partial charge in [0.05, 0.1) is 13.7 Å². The third-order valence-electron chi connectivity index (χ3n) is 2.31. The Labute approximate surface area is 101 Å². The van der Waals surface area contributed by atoms with Crippen molar-refractivity contribution in [1.82, 2.24) is 0 Å². The molecule has 0 aromatic heterocycles. The van der Waals surface area contributed by atoms with E-state index in [1.165, 1.54) is 5.56 Å². The van der Waals surface area contributed by atoms with E-state index in [1.54, 1.807) is 14.2 Å². The Morgan fingerprint density at radius 3 is 2.44 bits per heavy atom. The van der Waals surface area contributed by atoms with Crippen molar-refractivity contribution in [2.45, 2.75) is 5.25 Å². The van der Waals surface area contributed by atoms with Crippen LogP contribution in [-0.2, 0) is 4.74 Å². The van der Waals surface area contributed by atoms with Gasteiger partial charge < -0.3 is 15.2 Å². The molecule has 16 heavy (non-hydrogen) atoms. The van der Waals surface area contributed by atoms with Crippen molar-refractivity contribution in [2.24, 2.45) is 5.73 Å². The summed E-state index contributed by atoms with van der Waals surface area (Å²) in [6, 6.07) is 8.07. The van der Waals surface area contributed by atoms with Crippen LogP contribution in [0.1, 0.15) is 10.8 Å². The molecule has 90 valence electrons. The Balaban J connectivity index is 2.56. The summed E-state index contributed by atoms with van der Waals surface area (Å²) in [6.07, 6.45) is 0. The Morgan fingerprint density at radius 1 is 1.25 bits per heavy atom. The lowest BCUT2D eigenvalue weighted by Crippen LogP contribution is -2.10. The molecule has 0 amide bonds. The van der Waals surface area contributed by atoms with Gasteiger partial charge in [-0.15, -0.1) is 0 Å². The molecule has 0 saturated heterocycles. The number of rotatable bonds is 7. The van der Waals surface area contributed by atoms with Crippen LogP contribution in [0.25, 0.3) is 0 Å². The van der Waals surface area contributed by atoms with E-state index in [-0.39, 0.29) is 0 Å². The Kier molecular flexibility index (Phi) is 6.30. The van der Waals surface area contributed by atoms with E-state index in [1.807, 2.05) is 23.9 Å². The quantitative estimate of drug-likeness (QED) is 0.742. The summed E-state index contributed by atoms with van der Waals surface area (Å²) in [4.78, 5) is 0. The van der Waals surface area contributed by atoms with Gasteiger partial charge in [0.1, 0.15) is 5.75 Å². The zero-order valence-corrected chi connectivity index (χ0v) is 10.6. The predicted octanol–water partition coefficient (Wildman–Crippen LogP) is 2.07. The molecule has 2 N–H and O–H groups in total. The Hall–Kier alpha value is -0.710. The third-order valence-corrected chi connectivity index (χ3v) is 3.58. The second-order valence-corrected chi connectivity index (χ2v) is 4.67. The smallest absolute Gasteiger partial charge is 0.118 e. The van der Waals surface area contributed by atoms with Crippen LogP contribution in [0.15, 0.2) is 24.3 Å². The molecule has 1 rings (SSSR count). The summed E-state index contributed by atoms with van der Waals surface area (Å²) in [6.45, 7) is 1.40. The van der Waals surface area contributed by atoms with Crippen molar-refractivity contribution in [3.05, 3.63) is 29.8 Å².